The Morgan fingerprint density at radius 2 is 1.82 bits per heavy atom. The summed E-state index contributed by atoms with van der Waals surface area (Å²) in [7, 11) is 0. The number of rotatable bonds is 11. The van der Waals surface area contributed by atoms with E-state index in [0.717, 1.165) is 55.9 Å². The van der Waals surface area contributed by atoms with E-state index in [-0.39, 0.29) is 19.1 Å². The highest BCUT2D eigenvalue weighted by atomic mass is 35.5. The number of carbonyl (C=O) groups is 1. The number of aromatic nitrogens is 2. The summed E-state index contributed by atoms with van der Waals surface area (Å²) < 4.78 is 17.6. The van der Waals surface area contributed by atoms with E-state index in [2.05, 4.69) is 20.2 Å². The average Bonchev–Trinajstić information content (AvgIpc) is 3.37. The molecule has 8 nitrogen and oxygen atoms in total. The maximum Gasteiger partial charge on any atom is 0.251 e. The fourth-order valence-electron chi connectivity index (χ4n) is 4.33. The Bertz CT molecular complexity index is 1390. The predicted molar refractivity (Wildman–Crippen MR) is 152 cm³/mol. The van der Waals surface area contributed by atoms with Crippen LogP contribution >= 0.6 is 23.2 Å². The van der Waals surface area contributed by atoms with Gasteiger partial charge >= 0.3 is 0 Å². The molecule has 1 aromatic heterocycles. The second-order valence-corrected chi connectivity index (χ2v) is 10.1. The molecule has 2 heterocycles. The van der Waals surface area contributed by atoms with E-state index < -0.39 is 0 Å². The van der Waals surface area contributed by atoms with Crippen LogP contribution in [0.1, 0.15) is 28.2 Å². The third-order valence-corrected chi connectivity index (χ3v) is 7.03. The van der Waals surface area contributed by atoms with Crippen molar-refractivity contribution in [3.05, 3.63) is 87.7 Å². The first-order chi connectivity index (χ1) is 19.0. The lowest BCUT2D eigenvalue weighted by molar-refractivity contribution is 0.0374. The van der Waals surface area contributed by atoms with E-state index in [1.54, 1.807) is 30.3 Å². The van der Waals surface area contributed by atoms with Gasteiger partial charge in [0.2, 0.25) is 0 Å². The third-order valence-electron chi connectivity index (χ3n) is 6.45. The first-order valence-corrected chi connectivity index (χ1v) is 13.7. The zero-order valence-electron chi connectivity index (χ0n) is 21.4. The molecule has 0 spiro atoms. The molecule has 1 saturated heterocycles. The zero-order valence-corrected chi connectivity index (χ0v) is 22.9. The Morgan fingerprint density at radius 1 is 1.00 bits per heavy atom. The number of nitrogens with one attached hydrogen (secondary N) is 2. The molecule has 0 atom stereocenters. The van der Waals surface area contributed by atoms with Crippen LogP contribution in [0.15, 0.2) is 60.7 Å². The molecular formula is C29H30Cl2N4O4. The van der Waals surface area contributed by atoms with Crippen molar-refractivity contribution >= 4 is 40.1 Å². The molecule has 0 radical (unpaired) electrons. The van der Waals surface area contributed by atoms with Crippen molar-refractivity contribution in [1.82, 2.24) is 20.2 Å². The fraction of sp³-hybridized carbons (Fsp3) is 0.310. The summed E-state index contributed by atoms with van der Waals surface area (Å²) in [6.07, 6.45) is 0.864. The Labute approximate surface area is 237 Å². The number of hydrogen-bond acceptors (Lipinski definition) is 6. The van der Waals surface area contributed by atoms with Crippen molar-refractivity contribution in [2.75, 3.05) is 39.4 Å². The van der Waals surface area contributed by atoms with Crippen LogP contribution in [0.2, 0.25) is 10.0 Å². The maximum absolute atomic E-state index is 12.9. The van der Waals surface area contributed by atoms with Crippen molar-refractivity contribution in [3.8, 4) is 11.5 Å². The van der Waals surface area contributed by atoms with Gasteiger partial charge in [-0.1, -0.05) is 41.4 Å². The van der Waals surface area contributed by atoms with Gasteiger partial charge < -0.3 is 24.5 Å². The fourth-order valence-corrected chi connectivity index (χ4v) is 4.79. The van der Waals surface area contributed by atoms with E-state index in [1.807, 2.05) is 30.3 Å². The van der Waals surface area contributed by atoms with Gasteiger partial charge in [0.05, 0.1) is 24.2 Å². The molecule has 0 unspecified atom stereocenters. The Balaban J connectivity index is 1.26. The number of hydrogen-bond donors (Lipinski definition) is 2. The molecule has 1 aliphatic heterocycles. The van der Waals surface area contributed by atoms with E-state index in [0.29, 0.717) is 39.5 Å². The number of carbonyl (C=O) groups excluding carboxylic acids is 1. The Kier molecular flexibility index (Phi) is 9.21. The molecule has 2 N–H and O–H groups in total. The van der Waals surface area contributed by atoms with Crippen LogP contribution in [0.25, 0.3) is 11.0 Å². The Morgan fingerprint density at radius 3 is 2.64 bits per heavy atom. The second kappa shape index (κ2) is 13.2. The number of nitrogens with zero attached hydrogens (tertiary/aromatic N) is 2. The van der Waals surface area contributed by atoms with Gasteiger partial charge in [0.25, 0.3) is 5.91 Å². The number of imidazole rings is 1. The molecule has 1 aliphatic rings. The average molecular weight is 569 g/mol. The predicted octanol–water partition coefficient (Wildman–Crippen LogP) is 5.48. The highest BCUT2D eigenvalue weighted by Gasteiger charge is 2.15. The molecule has 39 heavy (non-hydrogen) atoms. The molecule has 0 aliphatic carbocycles. The van der Waals surface area contributed by atoms with Crippen molar-refractivity contribution < 1.29 is 19.0 Å². The van der Waals surface area contributed by atoms with E-state index in [4.69, 9.17) is 37.4 Å². The minimum atomic E-state index is -0.171. The number of benzene rings is 3. The summed E-state index contributed by atoms with van der Waals surface area (Å²) in [4.78, 5) is 23.1. The lowest BCUT2D eigenvalue weighted by Gasteiger charge is -2.26. The molecule has 10 heteroatoms. The molecule has 1 fully saturated rings. The SMILES string of the molecule is O=C(NCCCN1CCOCC1)c1ccc(OCc2nc3ccccc3[nH]2)c(OCc2ccc(Cl)cc2Cl)c1. The molecule has 4 aromatic rings. The first-order valence-electron chi connectivity index (χ1n) is 12.9. The van der Waals surface area contributed by atoms with Crippen LogP contribution in [-0.4, -0.2) is 60.2 Å². The molecule has 204 valence electrons. The molecule has 5 rings (SSSR count). The summed E-state index contributed by atoms with van der Waals surface area (Å²) in [5.41, 5.74) is 3.05. The molecular weight excluding hydrogens is 539 g/mol. The number of para-hydroxylation sites is 2. The number of ether oxygens (including phenoxy) is 3. The lowest BCUT2D eigenvalue weighted by Crippen LogP contribution is -2.38. The van der Waals surface area contributed by atoms with Crippen LogP contribution in [0.4, 0.5) is 0 Å². The van der Waals surface area contributed by atoms with Gasteiger partial charge in [0.15, 0.2) is 11.5 Å². The van der Waals surface area contributed by atoms with Gasteiger partial charge in [0.1, 0.15) is 19.0 Å². The molecule has 1 amide bonds. The zero-order chi connectivity index (χ0) is 27.0. The van der Waals surface area contributed by atoms with Crippen molar-refractivity contribution in [3.63, 3.8) is 0 Å². The number of fused-ring (bicyclic) bond motifs is 1. The molecule has 3 aromatic carbocycles. The number of aromatic amines is 1. The topological polar surface area (TPSA) is 88.7 Å². The number of amides is 1. The largest absolute Gasteiger partial charge is 0.485 e. The molecule has 0 bridgehead atoms. The second-order valence-electron chi connectivity index (χ2n) is 9.24. The third kappa shape index (κ3) is 7.42. The number of H-pyrrole nitrogens is 1. The normalized spacial score (nSPS) is 13.9. The standard InChI is InChI=1S/C29H30Cl2N4O4/c30-22-8-6-21(23(31)17-22)18-38-27-16-20(29(36)32-10-3-11-35-12-14-37-15-13-35)7-9-26(27)39-19-28-33-24-4-1-2-5-25(24)34-28/h1-2,4-9,16-17H,3,10-15,18-19H2,(H,32,36)(H,33,34). The van der Waals surface area contributed by atoms with Crippen LogP contribution in [0.3, 0.4) is 0 Å². The number of halogens is 2. The van der Waals surface area contributed by atoms with Crippen LogP contribution in [-0.2, 0) is 18.0 Å². The summed E-state index contributed by atoms with van der Waals surface area (Å²) in [5.74, 6) is 1.43. The minimum absolute atomic E-state index is 0.171. The summed E-state index contributed by atoms with van der Waals surface area (Å²) in [6, 6.07) is 18.2. The lowest BCUT2D eigenvalue weighted by atomic mass is 10.1. The van der Waals surface area contributed by atoms with E-state index in [9.17, 15) is 4.79 Å². The smallest absolute Gasteiger partial charge is 0.251 e. The highest BCUT2D eigenvalue weighted by Crippen LogP contribution is 2.31. The monoisotopic (exact) mass is 568 g/mol. The van der Waals surface area contributed by atoms with Crippen LogP contribution in [0.5, 0.6) is 11.5 Å². The molecule has 0 saturated carbocycles. The van der Waals surface area contributed by atoms with E-state index >= 15 is 0 Å². The highest BCUT2D eigenvalue weighted by molar-refractivity contribution is 6.35. The van der Waals surface area contributed by atoms with Gasteiger partial charge in [-0.15, -0.1) is 0 Å². The number of morpholine rings is 1. The van der Waals surface area contributed by atoms with E-state index in [1.165, 1.54) is 0 Å². The Hall–Kier alpha value is -3.30. The van der Waals surface area contributed by atoms with Gasteiger partial charge in [-0.2, -0.15) is 0 Å². The van der Waals surface area contributed by atoms with Gasteiger partial charge in [-0.3, -0.25) is 9.69 Å². The van der Waals surface area contributed by atoms with Crippen molar-refractivity contribution in [2.45, 2.75) is 19.6 Å². The van der Waals surface area contributed by atoms with Gasteiger partial charge in [0, 0.05) is 40.8 Å². The van der Waals surface area contributed by atoms with Gasteiger partial charge in [-0.25, -0.2) is 4.98 Å². The summed E-state index contributed by atoms with van der Waals surface area (Å²) >= 11 is 12.4. The quantitative estimate of drug-likeness (QED) is 0.233. The minimum Gasteiger partial charge on any atom is -0.485 e. The summed E-state index contributed by atoms with van der Waals surface area (Å²) in [6.45, 7) is 5.29. The maximum atomic E-state index is 12.9. The van der Waals surface area contributed by atoms with Gasteiger partial charge in [-0.05, 0) is 55.4 Å². The van der Waals surface area contributed by atoms with Crippen LogP contribution < -0.4 is 14.8 Å². The van der Waals surface area contributed by atoms with Crippen LogP contribution in [0, 0.1) is 0 Å². The van der Waals surface area contributed by atoms with Crippen molar-refractivity contribution in [2.24, 2.45) is 0 Å². The van der Waals surface area contributed by atoms with Crippen molar-refractivity contribution in [1.29, 1.82) is 0 Å². The first kappa shape index (κ1) is 27.3. The summed E-state index contributed by atoms with van der Waals surface area (Å²) in [5, 5.41) is 4.05.